The first-order valence-electron chi connectivity index (χ1n) is 5.56. The van der Waals surface area contributed by atoms with E-state index in [4.69, 9.17) is 5.41 Å². The lowest BCUT2D eigenvalue weighted by atomic mass is 10.6. The lowest BCUT2D eigenvalue weighted by molar-refractivity contribution is 0.568. The first-order valence-corrected chi connectivity index (χ1v) is 12.5. The summed E-state index contributed by atoms with van der Waals surface area (Å²) in [6, 6.07) is 0. The summed E-state index contributed by atoms with van der Waals surface area (Å²) < 4.78 is 16.6. The molecule has 0 unspecified atom stereocenters. The molecule has 0 aliphatic carbocycles. The molecule has 0 saturated carbocycles. The molecule has 0 aromatic carbocycles. The lowest BCUT2D eigenvalue weighted by Crippen LogP contribution is -2.57. The van der Waals surface area contributed by atoms with Gasteiger partial charge in [-0.3, -0.25) is 5.41 Å². The fourth-order valence-electron chi connectivity index (χ4n) is 1.64. The Kier molecular flexibility index (Phi) is 3.37. The number of aromatic nitrogens is 2. The summed E-state index contributed by atoms with van der Waals surface area (Å²) in [6.45, 7) is 11.7. The summed E-state index contributed by atoms with van der Waals surface area (Å²) in [4.78, 5) is 12.3. The van der Waals surface area contributed by atoms with Crippen LogP contribution in [0.2, 0.25) is 39.3 Å². The third-order valence-electron chi connectivity index (χ3n) is 2.48. The average molecular weight is 273 g/mol. The van der Waals surface area contributed by atoms with E-state index in [9.17, 15) is 9.18 Å². The van der Waals surface area contributed by atoms with Crippen molar-refractivity contribution >= 4 is 16.5 Å². The van der Waals surface area contributed by atoms with Crippen molar-refractivity contribution in [1.82, 2.24) is 8.47 Å². The van der Waals surface area contributed by atoms with Crippen LogP contribution < -0.4 is 11.2 Å². The van der Waals surface area contributed by atoms with Crippen LogP contribution in [0.3, 0.4) is 0 Å². The third kappa shape index (κ3) is 2.66. The van der Waals surface area contributed by atoms with Gasteiger partial charge in [-0.25, -0.2) is 9.18 Å². The van der Waals surface area contributed by atoms with Crippen molar-refractivity contribution in [1.29, 1.82) is 5.41 Å². The van der Waals surface area contributed by atoms with Gasteiger partial charge < -0.3 is 8.47 Å². The van der Waals surface area contributed by atoms with E-state index in [0.29, 0.717) is 0 Å². The summed E-state index contributed by atoms with van der Waals surface area (Å²) >= 11 is 0. The maximum Gasteiger partial charge on any atom is 0.313 e. The molecule has 0 radical (unpaired) electrons. The second-order valence-corrected chi connectivity index (χ2v) is 15.8. The van der Waals surface area contributed by atoms with Crippen LogP contribution in [0, 0.1) is 11.2 Å². The number of hydrogen-bond donors (Lipinski definition) is 1. The fraction of sp³-hybridized carbons (Fsp3) is 0.600. The van der Waals surface area contributed by atoms with Crippen molar-refractivity contribution < 1.29 is 4.39 Å². The highest BCUT2D eigenvalue weighted by Gasteiger charge is 2.26. The quantitative estimate of drug-likeness (QED) is 0.818. The molecule has 0 atom stereocenters. The Labute approximate surface area is 102 Å². The van der Waals surface area contributed by atoms with Gasteiger partial charge in [-0.1, -0.05) is 39.3 Å². The Morgan fingerprint density at radius 1 is 1.12 bits per heavy atom. The monoisotopic (exact) mass is 273 g/mol. The minimum Gasteiger partial charge on any atom is -0.327 e. The van der Waals surface area contributed by atoms with Crippen molar-refractivity contribution in [2.24, 2.45) is 0 Å². The van der Waals surface area contributed by atoms with Crippen LogP contribution in [-0.4, -0.2) is 24.9 Å². The highest BCUT2D eigenvalue weighted by Crippen LogP contribution is 2.05. The van der Waals surface area contributed by atoms with Crippen LogP contribution in [0.25, 0.3) is 0 Å². The van der Waals surface area contributed by atoms with E-state index in [1.165, 1.54) is 14.7 Å². The maximum absolute atomic E-state index is 13.8. The molecular weight excluding hydrogens is 253 g/mol. The molecule has 17 heavy (non-hydrogen) atoms. The molecule has 1 N–H and O–H groups in total. The van der Waals surface area contributed by atoms with E-state index >= 15 is 0 Å². The minimum absolute atomic E-state index is 0.241. The van der Waals surface area contributed by atoms with Gasteiger partial charge in [-0.15, -0.1) is 0 Å². The van der Waals surface area contributed by atoms with Gasteiger partial charge in [-0.05, 0) is 0 Å². The molecular formula is C10H20FN3OSi2. The number of nitrogens with one attached hydrogen (secondary N) is 1. The van der Waals surface area contributed by atoms with Crippen LogP contribution in [0.5, 0.6) is 0 Å². The second kappa shape index (κ2) is 4.06. The molecule has 0 bridgehead atoms. The summed E-state index contributed by atoms with van der Waals surface area (Å²) in [5, 5.41) is 7.72. The topological polar surface area (TPSA) is 50.8 Å². The highest BCUT2D eigenvalue weighted by molar-refractivity contribution is 6.75. The zero-order chi connectivity index (χ0) is 13.6. The Bertz CT molecular complexity index is 549. The van der Waals surface area contributed by atoms with Crippen LogP contribution in [0.15, 0.2) is 11.0 Å². The predicted octanol–water partition coefficient (Wildman–Crippen LogP) is 1.63. The summed E-state index contributed by atoms with van der Waals surface area (Å²) in [5.74, 6) is -0.616. The normalized spacial score (nSPS) is 12.9. The molecule has 96 valence electrons. The van der Waals surface area contributed by atoms with E-state index in [2.05, 4.69) is 0 Å². The summed E-state index contributed by atoms with van der Waals surface area (Å²) in [5.41, 5.74) is -0.529. The first-order chi connectivity index (χ1) is 7.46. The number of hydrogen-bond acceptors (Lipinski definition) is 2. The highest BCUT2D eigenvalue weighted by atomic mass is 28.3. The van der Waals surface area contributed by atoms with Crippen molar-refractivity contribution in [3.63, 3.8) is 0 Å². The molecule has 0 aliphatic heterocycles. The van der Waals surface area contributed by atoms with Crippen LogP contribution in [0.1, 0.15) is 0 Å². The van der Waals surface area contributed by atoms with Gasteiger partial charge in [0.15, 0.2) is 27.8 Å². The van der Waals surface area contributed by atoms with Crippen LogP contribution >= 0.6 is 0 Å². The largest absolute Gasteiger partial charge is 0.327 e. The zero-order valence-corrected chi connectivity index (χ0v) is 13.3. The standard InChI is InChI=1S/C10H20FN3OSi2/c1-16(2,3)13-7-8(11)9(12)14(10(13)15)17(4,5)6/h7,12H,1-6H3. The molecule has 4 nitrogen and oxygen atoms in total. The minimum atomic E-state index is -2.09. The number of nitrogens with zero attached hydrogens (tertiary/aromatic N) is 2. The third-order valence-corrected chi connectivity index (χ3v) is 6.01. The van der Waals surface area contributed by atoms with Gasteiger partial charge in [0, 0.05) is 6.20 Å². The van der Waals surface area contributed by atoms with Gasteiger partial charge >= 0.3 is 5.69 Å². The molecule has 0 fully saturated rings. The molecule has 1 aromatic heterocycles. The van der Waals surface area contributed by atoms with Gasteiger partial charge in [0.05, 0.1) is 0 Å². The van der Waals surface area contributed by atoms with Crippen molar-refractivity contribution in [2.75, 3.05) is 0 Å². The summed E-state index contributed by atoms with van der Waals surface area (Å²) in [7, 11) is -4.05. The molecule has 0 aliphatic rings. The molecule has 1 heterocycles. The fourth-order valence-corrected chi connectivity index (χ4v) is 4.38. The molecule has 0 saturated heterocycles. The van der Waals surface area contributed by atoms with Gasteiger partial charge in [-0.2, -0.15) is 0 Å². The van der Waals surface area contributed by atoms with E-state index in [0.717, 1.165) is 0 Å². The van der Waals surface area contributed by atoms with Crippen LogP contribution in [0.4, 0.5) is 4.39 Å². The van der Waals surface area contributed by atoms with Crippen molar-refractivity contribution in [2.45, 2.75) is 39.3 Å². The SMILES string of the molecule is C[Si](C)(C)n1cc(F)c(=N)n([Si](C)(C)C)c1=O. The van der Waals surface area contributed by atoms with Gasteiger partial charge in [0.2, 0.25) is 0 Å². The molecule has 7 heteroatoms. The predicted molar refractivity (Wildman–Crippen MR) is 72.0 cm³/mol. The second-order valence-electron chi connectivity index (χ2n) is 6.16. The van der Waals surface area contributed by atoms with E-state index in [1.807, 2.05) is 39.3 Å². The van der Waals surface area contributed by atoms with E-state index in [1.54, 1.807) is 0 Å². The summed E-state index contributed by atoms with van der Waals surface area (Å²) in [6.07, 6.45) is 1.19. The van der Waals surface area contributed by atoms with Gasteiger partial charge in [0.1, 0.15) is 0 Å². The molecule has 1 aromatic rings. The average Bonchev–Trinajstić information content (AvgIpc) is 2.07. The number of rotatable bonds is 2. The molecule has 0 amide bonds. The van der Waals surface area contributed by atoms with Crippen molar-refractivity contribution in [3.8, 4) is 0 Å². The molecule has 1 rings (SSSR count). The van der Waals surface area contributed by atoms with E-state index < -0.39 is 22.3 Å². The number of halogens is 1. The van der Waals surface area contributed by atoms with Crippen molar-refractivity contribution in [3.05, 3.63) is 28.0 Å². The smallest absolute Gasteiger partial charge is 0.313 e. The van der Waals surface area contributed by atoms with Gasteiger partial charge in [0.25, 0.3) is 0 Å². The van der Waals surface area contributed by atoms with E-state index in [-0.39, 0.29) is 11.2 Å². The first kappa shape index (κ1) is 14.1. The Balaban J connectivity index is 3.81. The Hall–Kier alpha value is -0.956. The Morgan fingerprint density at radius 3 is 1.94 bits per heavy atom. The maximum atomic E-state index is 13.8. The lowest BCUT2D eigenvalue weighted by Gasteiger charge is -2.26. The van der Waals surface area contributed by atoms with Crippen LogP contribution in [-0.2, 0) is 0 Å². The Morgan fingerprint density at radius 2 is 1.59 bits per heavy atom. The molecule has 0 spiro atoms. The zero-order valence-electron chi connectivity index (χ0n) is 11.3.